The number of carbonyl (C=O) groups excluding carboxylic acids is 1. The van der Waals surface area contributed by atoms with Gasteiger partial charge in [0.1, 0.15) is 0 Å². The first-order valence-corrected chi connectivity index (χ1v) is 6.37. The van der Waals surface area contributed by atoms with Gasteiger partial charge in [-0.3, -0.25) is 4.79 Å². The minimum Gasteiger partial charge on any atom is -0.481 e. The minimum atomic E-state index is -0.903. The summed E-state index contributed by atoms with van der Waals surface area (Å²) in [5.74, 6) is -0.903. The van der Waals surface area contributed by atoms with Crippen LogP contribution in [0.5, 0.6) is 0 Å². The van der Waals surface area contributed by atoms with E-state index in [0.29, 0.717) is 26.3 Å². The summed E-state index contributed by atoms with van der Waals surface area (Å²) in [7, 11) is 1.76. The van der Waals surface area contributed by atoms with Crippen LogP contribution in [0.25, 0.3) is 0 Å². The van der Waals surface area contributed by atoms with Gasteiger partial charge in [0.05, 0.1) is 25.7 Å². The predicted octanol–water partition coefficient (Wildman–Crippen LogP) is 1.01. The first-order valence-electron chi connectivity index (χ1n) is 6.37. The van der Waals surface area contributed by atoms with Crippen molar-refractivity contribution < 1.29 is 19.4 Å². The Hall–Kier alpha value is -1.30. The van der Waals surface area contributed by atoms with Gasteiger partial charge < -0.3 is 19.6 Å². The number of rotatable bonds is 5. The molecule has 1 aliphatic heterocycles. The smallest absolute Gasteiger partial charge is 0.320 e. The number of nitrogens with zero attached hydrogens (tertiary/aromatic N) is 2. The molecule has 0 radical (unpaired) electrons. The number of aliphatic carboxylic acids is 1. The fourth-order valence-corrected chi connectivity index (χ4v) is 1.99. The molecule has 18 heavy (non-hydrogen) atoms. The average Bonchev–Trinajstić information content (AvgIpc) is 2.35. The molecule has 1 atom stereocenters. The van der Waals surface area contributed by atoms with Gasteiger partial charge in [-0.1, -0.05) is 13.3 Å². The lowest BCUT2D eigenvalue weighted by Gasteiger charge is -2.37. The highest BCUT2D eigenvalue weighted by Crippen LogP contribution is 2.13. The fraction of sp³-hybridized carbons (Fsp3) is 0.833. The van der Waals surface area contributed by atoms with E-state index < -0.39 is 5.97 Å². The lowest BCUT2D eigenvalue weighted by atomic mass is 10.1. The summed E-state index contributed by atoms with van der Waals surface area (Å²) in [6.45, 7) is 4.02. The Balaban J connectivity index is 2.58. The standard InChI is InChI=1S/C12H22N2O4/c1-3-4-5-13(2)12(17)14-6-7-18-9-10(14)8-11(15)16/h10H,3-9H2,1-2H3,(H,15,16). The largest absolute Gasteiger partial charge is 0.481 e. The number of hydrogen-bond donors (Lipinski definition) is 1. The highest BCUT2D eigenvalue weighted by molar-refractivity contribution is 5.76. The van der Waals surface area contributed by atoms with Gasteiger partial charge in [-0.25, -0.2) is 4.79 Å². The summed E-state index contributed by atoms with van der Waals surface area (Å²) >= 11 is 0. The molecule has 1 rings (SSSR count). The Morgan fingerprint density at radius 1 is 1.50 bits per heavy atom. The number of amides is 2. The Kier molecular flexibility index (Phi) is 5.91. The lowest BCUT2D eigenvalue weighted by Crippen LogP contribution is -2.53. The number of carbonyl (C=O) groups is 2. The van der Waals surface area contributed by atoms with E-state index >= 15 is 0 Å². The molecule has 1 fully saturated rings. The maximum absolute atomic E-state index is 12.2. The molecule has 1 N–H and O–H groups in total. The maximum Gasteiger partial charge on any atom is 0.320 e. The van der Waals surface area contributed by atoms with Crippen molar-refractivity contribution >= 4 is 12.0 Å². The van der Waals surface area contributed by atoms with E-state index in [1.54, 1.807) is 16.8 Å². The van der Waals surface area contributed by atoms with Gasteiger partial charge in [0.15, 0.2) is 0 Å². The number of urea groups is 1. The molecule has 0 aliphatic carbocycles. The summed E-state index contributed by atoms with van der Waals surface area (Å²) in [4.78, 5) is 26.2. The van der Waals surface area contributed by atoms with Crippen molar-refractivity contribution in [3.05, 3.63) is 0 Å². The second kappa shape index (κ2) is 7.20. The fourth-order valence-electron chi connectivity index (χ4n) is 1.99. The molecule has 1 saturated heterocycles. The normalized spacial score (nSPS) is 19.7. The Morgan fingerprint density at radius 2 is 2.22 bits per heavy atom. The number of hydrogen-bond acceptors (Lipinski definition) is 3. The van der Waals surface area contributed by atoms with Crippen LogP contribution in [0, 0.1) is 0 Å². The summed E-state index contributed by atoms with van der Waals surface area (Å²) < 4.78 is 5.25. The molecular formula is C12H22N2O4. The second-order valence-corrected chi connectivity index (χ2v) is 4.58. The quantitative estimate of drug-likeness (QED) is 0.799. The van der Waals surface area contributed by atoms with Gasteiger partial charge in [-0.15, -0.1) is 0 Å². The SMILES string of the molecule is CCCCN(C)C(=O)N1CCOCC1CC(=O)O. The molecule has 0 saturated carbocycles. The van der Waals surface area contributed by atoms with Crippen LogP contribution < -0.4 is 0 Å². The van der Waals surface area contributed by atoms with E-state index in [1.165, 1.54) is 0 Å². The molecule has 0 aromatic rings. The van der Waals surface area contributed by atoms with Crippen molar-refractivity contribution in [1.29, 1.82) is 0 Å². The van der Waals surface area contributed by atoms with Crippen LogP contribution in [-0.2, 0) is 9.53 Å². The van der Waals surface area contributed by atoms with E-state index in [2.05, 4.69) is 6.92 Å². The lowest BCUT2D eigenvalue weighted by molar-refractivity contribution is -0.139. The van der Waals surface area contributed by atoms with E-state index in [1.807, 2.05) is 0 Å². The minimum absolute atomic E-state index is 0.0621. The monoisotopic (exact) mass is 258 g/mol. The molecule has 1 heterocycles. The third kappa shape index (κ3) is 4.18. The Bertz CT molecular complexity index is 296. The van der Waals surface area contributed by atoms with Crippen molar-refractivity contribution in [2.75, 3.05) is 33.4 Å². The molecule has 6 nitrogen and oxygen atoms in total. The number of ether oxygens (including phenoxy) is 1. The number of morpholine rings is 1. The molecule has 1 unspecified atom stereocenters. The number of carboxylic acids is 1. The number of carboxylic acid groups (broad SMARTS) is 1. The van der Waals surface area contributed by atoms with E-state index in [9.17, 15) is 9.59 Å². The topological polar surface area (TPSA) is 70.1 Å². The van der Waals surface area contributed by atoms with Crippen LogP contribution in [-0.4, -0.2) is 66.3 Å². The number of unbranched alkanes of at least 4 members (excludes halogenated alkanes) is 1. The van der Waals surface area contributed by atoms with Crippen LogP contribution in [0.1, 0.15) is 26.2 Å². The molecule has 1 aliphatic rings. The van der Waals surface area contributed by atoms with Crippen LogP contribution in [0.2, 0.25) is 0 Å². The zero-order valence-electron chi connectivity index (χ0n) is 11.1. The van der Waals surface area contributed by atoms with Crippen molar-refractivity contribution in [2.24, 2.45) is 0 Å². The predicted molar refractivity (Wildman–Crippen MR) is 66.5 cm³/mol. The van der Waals surface area contributed by atoms with E-state index in [-0.39, 0.29) is 18.5 Å². The van der Waals surface area contributed by atoms with Crippen LogP contribution >= 0.6 is 0 Å². The third-order valence-electron chi connectivity index (χ3n) is 3.06. The van der Waals surface area contributed by atoms with E-state index in [0.717, 1.165) is 12.8 Å². The van der Waals surface area contributed by atoms with Gasteiger partial charge in [-0.05, 0) is 6.42 Å². The molecule has 0 spiro atoms. The first-order chi connectivity index (χ1) is 8.56. The van der Waals surface area contributed by atoms with Gasteiger partial charge in [0.2, 0.25) is 0 Å². The van der Waals surface area contributed by atoms with Crippen molar-refractivity contribution in [3.63, 3.8) is 0 Å². The molecular weight excluding hydrogens is 236 g/mol. The van der Waals surface area contributed by atoms with Gasteiger partial charge >= 0.3 is 12.0 Å². The molecule has 0 aromatic heterocycles. The van der Waals surface area contributed by atoms with Crippen molar-refractivity contribution in [3.8, 4) is 0 Å². The highest BCUT2D eigenvalue weighted by atomic mass is 16.5. The Labute approximate surface area is 107 Å². The highest BCUT2D eigenvalue weighted by Gasteiger charge is 2.30. The first kappa shape index (κ1) is 14.8. The summed E-state index contributed by atoms with van der Waals surface area (Å²) in [6, 6.07) is -0.453. The molecule has 6 heteroatoms. The molecule has 0 aromatic carbocycles. The zero-order valence-corrected chi connectivity index (χ0v) is 11.1. The van der Waals surface area contributed by atoms with Crippen LogP contribution in [0.15, 0.2) is 0 Å². The van der Waals surface area contributed by atoms with E-state index in [4.69, 9.17) is 9.84 Å². The second-order valence-electron chi connectivity index (χ2n) is 4.58. The average molecular weight is 258 g/mol. The van der Waals surface area contributed by atoms with Gasteiger partial charge in [-0.2, -0.15) is 0 Å². The molecule has 2 amide bonds. The van der Waals surface area contributed by atoms with Crippen molar-refractivity contribution in [2.45, 2.75) is 32.2 Å². The molecule has 0 bridgehead atoms. The van der Waals surface area contributed by atoms with Crippen LogP contribution in [0.3, 0.4) is 0 Å². The maximum atomic E-state index is 12.2. The molecule has 104 valence electrons. The Morgan fingerprint density at radius 3 is 2.83 bits per heavy atom. The van der Waals surface area contributed by atoms with Gasteiger partial charge in [0, 0.05) is 20.1 Å². The summed E-state index contributed by atoms with van der Waals surface area (Å²) in [5.41, 5.74) is 0. The third-order valence-corrected chi connectivity index (χ3v) is 3.06. The van der Waals surface area contributed by atoms with Crippen LogP contribution in [0.4, 0.5) is 4.79 Å². The van der Waals surface area contributed by atoms with Gasteiger partial charge in [0.25, 0.3) is 0 Å². The summed E-state index contributed by atoms with van der Waals surface area (Å²) in [5, 5.41) is 8.84. The van der Waals surface area contributed by atoms with Crippen molar-refractivity contribution in [1.82, 2.24) is 9.80 Å². The zero-order chi connectivity index (χ0) is 13.5. The summed E-state index contributed by atoms with van der Waals surface area (Å²) in [6.07, 6.45) is 1.92.